The molecule has 0 fully saturated rings. The van der Waals surface area contributed by atoms with E-state index in [1.165, 1.54) is 33.3 Å². The third-order valence-corrected chi connectivity index (χ3v) is 9.06. The predicted octanol–water partition coefficient (Wildman–Crippen LogP) is 10.9. The molecule has 0 unspecified atom stereocenters. The molecule has 5 nitrogen and oxygen atoms in total. The summed E-state index contributed by atoms with van der Waals surface area (Å²) in [5, 5.41) is 7.42. The first-order valence-corrected chi connectivity index (χ1v) is 16.6. The van der Waals surface area contributed by atoms with E-state index in [4.69, 9.17) is 14.8 Å². The van der Waals surface area contributed by atoms with Crippen LogP contribution in [-0.2, 0) is 12.8 Å². The predicted molar refractivity (Wildman–Crippen MR) is 197 cm³/mol. The zero-order valence-corrected chi connectivity index (χ0v) is 27.4. The van der Waals surface area contributed by atoms with Crippen LogP contribution in [0.5, 0.6) is 11.5 Å². The molecule has 0 amide bonds. The van der Waals surface area contributed by atoms with Crippen LogP contribution in [-0.4, -0.2) is 19.3 Å². The quantitative estimate of drug-likeness (QED) is 0.169. The lowest BCUT2D eigenvalue weighted by atomic mass is 10.0. The van der Waals surface area contributed by atoms with Crippen LogP contribution < -0.4 is 4.74 Å². The Bertz CT molecular complexity index is 2400. The molecule has 0 aliphatic carbocycles. The van der Waals surface area contributed by atoms with Crippen molar-refractivity contribution in [3.63, 3.8) is 0 Å². The molecular formula is C43H36N4O. The van der Waals surface area contributed by atoms with Crippen molar-refractivity contribution in [3.8, 4) is 45.3 Å². The van der Waals surface area contributed by atoms with E-state index in [0.717, 1.165) is 63.5 Å². The highest BCUT2D eigenvalue weighted by molar-refractivity contribution is 6.10. The highest BCUT2D eigenvalue weighted by atomic mass is 16.5. The van der Waals surface area contributed by atoms with Crippen molar-refractivity contribution in [1.29, 1.82) is 0 Å². The van der Waals surface area contributed by atoms with E-state index >= 15 is 0 Å². The molecule has 0 saturated heterocycles. The number of ether oxygens (including phenoxy) is 1. The number of pyridine rings is 1. The van der Waals surface area contributed by atoms with Gasteiger partial charge in [-0.05, 0) is 90.6 Å². The number of fused-ring (bicyclic) bond motifs is 3. The normalized spacial score (nSPS) is 11.4. The Kier molecular flexibility index (Phi) is 7.58. The molecule has 0 bridgehead atoms. The number of aryl methyl sites for hydroxylation is 2. The minimum Gasteiger partial charge on any atom is -0.457 e. The van der Waals surface area contributed by atoms with Gasteiger partial charge in [0.25, 0.3) is 0 Å². The van der Waals surface area contributed by atoms with Crippen molar-refractivity contribution in [2.24, 2.45) is 0 Å². The van der Waals surface area contributed by atoms with Gasteiger partial charge in [0, 0.05) is 34.7 Å². The van der Waals surface area contributed by atoms with Crippen LogP contribution in [0.4, 0.5) is 0 Å². The van der Waals surface area contributed by atoms with Crippen molar-refractivity contribution >= 4 is 21.8 Å². The Labute approximate surface area is 280 Å². The Balaban J connectivity index is 1.22. The fourth-order valence-electron chi connectivity index (χ4n) is 6.81. The van der Waals surface area contributed by atoms with Gasteiger partial charge in [-0.25, -0.2) is 9.67 Å². The molecular weight excluding hydrogens is 589 g/mol. The molecule has 0 radical (unpaired) electrons. The summed E-state index contributed by atoms with van der Waals surface area (Å²) in [6, 6.07) is 46.5. The summed E-state index contributed by atoms with van der Waals surface area (Å²) in [6.45, 7) is 6.46. The number of nitrogens with zero attached hydrogens (tertiary/aromatic N) is 4. The molecule has 5 aromatic carbocycles. The molecule has 0 N–H and O–H groups in total. The minimum absolute atomic E-state index is 0.756. The van der Waals surface area contributed by atoms with E-state index in [1.807, 2.05) is 24.4 Å². The summed E-state index contributed by atoms with van der Waals surface area (Å²) in [5.74, 6) is 2.40. The maximum Gasteiger partial charge on any atom is 0.137 e. The first kappa shape index (κ1) is 29.5. The molecule has 5 heteroatoms. The summed E-state index contributed by atoms with van der Waals surface area (Å²) in [7, 11) is 0. The van der Waals surface area contributed by atoms with Crippen molar-refractivity contribution in [1.82, 2.24) is 19.3 Å². The Morgan fingerprint density at radius 3 is 2.12 bits per heavy atom. The van der Waals surface area contributed by atoms with E-state index in [2.05, 4.69) is 145 Å². The van der Waals surface area contributed by atoms with E-state index in [-0.39, 0.29) is 0 Å². The largest absolute Gasteiger partial charge is 0.457 e. The third kappa shape index (κ3) is 5.23. The zero-order chi connectivity index (χ0) is 32.6. The first-order chi connectivity index (χ1) is 23.6. The molecule has 8 aromatic rings. The molecule has 0 aliphatic heterocycles. The number of hydrogen-bond acceptors (Lipinski definition) is 3. The average molecular weight is 625 g/mol. The van der Waals surface area contributed by atoms with Crippen molar-refractivity contribution in [3.05, 3.63) is 157 Å². The Hall–Kier alpha value is -5.94. The maximum atomic E-state index is 6.60. The van der Waals surface area contributed by atoms with Gasteiger partial charge in [0.05, 0.1) is 28.1 Å². The molecule has 48 heavy (non-hydrogen) atoms. The van der Waals surface area contributed by atoms with E-state index in [9.17, 15) is 0 Å². The monoisotopic (exact) mass is 624 g/mol. The van der Waals surface area contributed by atoms with Crippen LogP contribution in [0.15, 0.2) is 140 Å². The molecule has 8 rings (SSSR count). The fourth-order valence-corrected chi connectivity index (χ4v) is 6.81. The molecule has 0 atom stereocenters. The van der Waals surface area contributed by atoms with Crippen molar-refractivity contribution < 1.29 is 4.74 Å². The molecule has 0 aliphatic rings. The van der Waals surface area contributed by atoms with Crippen molar-refractivity contribution in [2.45, 2.75) is 33.6 Å². The molecule has 0 spiro atoms. The molecule has 3 heterocycles. The lowest BCUT2D eigenvalue weighted by molar-refractivity contribution is 0.482. The first-order valence-electron chi connectivity index (χ1n) is 16.6. The van der Waals surface area contributed by atoms with E-state index < -0.39 is 0 Å². The van der Waals surface area contributed by atoms with Gasteiger partial charge in [-0.2, -0.15) is 5.10 Å². The molecule has 0 saturated carbocycles. The molecule has 3 aromatic heterocycles. The zero-order valence-electron chi connectivity index (χ0n) is 27.4. The van der Waals surface area contributed by atoms with Crippen LogP contribution in [0, 0.1) is 6.92 Å². The number of hydrogen-bond donors (Lipinski definition) is 0. The highest BCUT2D eigenvalue weighted by Gasteiger charge is 2.19. The number of rotatable bonds is 8. The van der Waals surface area contributed by atoms with Crippen LogP contribution in [0.2, 0.25) is 0 Å². The van der Waals surface area contributed by atoms with Gasteiger partial charge >= 0.3 is 0 Å². The summed E-state index contributed by atoms with van der Waals surface area (Å²) in [5.41, 5.74) is 11.4. The maximum absolute atomic E-state index is 6.60. The van der Waals surface area contributed by atoms with Crippen molar-refractivity contribution in [2.75, 3.05) is 0 Å². The summed E-state index contributed by atoms with van der Waals surface area (Å²) >= 11 is 0. The van der Waals surface area contributed by atoms with Crippen LogP contribution >= 0.6 is 0 Å². The second kappa shape index (κ2) is 12.3. The average Bonchev–Trinajstić information content (AvgIpc) is 3.67. The number of aromatic nitrogens is 4. The Morgan fingerprint density at radius 2 is 1.38 bits per heavy atom. The van der Waals surface area contributed by atoms with E-state index in [0.29, 0.717) is 0 Å². The van der Waals surface area contributed by atoms with Gasteiger partial charge in [0.15, 0.2) is 0 Å². The second-order valence-corrected chi connectivity index (χ2v) is 12.2. The minimum atomic E-state index is 0.756. The van der Waals surface area contributed by atoms with Gasteiger partial charge < -0.3 is 4.74 Å². The SMILES string of the molecule is CCc1nn(-c2cccc(Oc3ccc4c5cc(-c6ccccc6)ccc5n(-c5cc(C)ccn5)c4c3)c2)c(CC)c1-c1ccccc1. The smallest absolute Gasteiger partial charge is 0.137 e. The summed E-state index contributed by atoms with van der Waals surface area (Å²) < 4.78 is 10.9. The number of benzene rings is 5. The van der Waals surface area contributed by atoms with Crippen LogP contribution in [0.3, 0.4) is 0 Å². The lowest BCUT2D eigenvalue weighted by Gasteiger charge is -2.12. The second-order valence-electron chi connectivity index (χ2n) is 12.2. The molecule has 234 valence electrons. The van der Waals surface area contributed by atoms with Crippen LogP contribution in [0.1, 0.15) is 30.8 Å². The van der Waals surface area contributed by atoms with Gasteiger partial charge in [-0.15, -0.1) is 0 Å². The highest BCUT2D eigenvalue weighted by Crippen LogP contribution is 2.38. The van der Waals surface area contributed by atoms with Gasteiger partial charge in [0.2, 0.25) is 0 Å². The third-order valence-electron chi connectivity index (χ3n) is 9.06. The lowest BCUT2D eigenvalue weighted by Crippen LogP contribution is -2.02. The summed E-state index contributed by atoms with van der Waals surface area (Å²) in [4.78, 5) is 4.79. The van der Waals surface area contributed by atoms with Gasteiger partial charge in [-0.1, -0.05) is 86.6 Å². The standard InChI is InChI=1S/C43H36N4O/c1-4-38-43(31-15-10-7-11-16-31)39(5-2)47(45-38)33-17-12-18-34(27-33)48-35-20-21-36-37-26-32(30-13-8-6-9-14-30)19-22-40(37)46(41(36)28-35)42-25-29(3)23-24-44-42/h6-28H,4-5H2,1-3H3. The van der Waals surface area contributed by atoms with Gasteiger partial charge in [0.1, 0.15) is 17.3 Å². The fraction of sp³-hybridized carbons (Fsp3) is 0.116. The van der Waals surface area contributed by atoms with Gasteiger partial charge in [-0.3, -0.25) is 4.57 Å². The topological polar surface area (TPSA) is 44.9 Å². The summed E-state index contributed by atoms with van der Waals surface area (Å²) in [6.07, 6.45) is 3.60. The van der Waals surface area contributed by atoms with Crippen LogP contribution in [0.25, 0.3) is 55.6 Å². The van der Waals surface area contributed by atoms with E-state index in [1.54, 1.807) is 0 Å². The Morgan fingerprint density at radius 1 is 0.604 bits per heavy atom.